The van der Waals surface area contributed by atoms with Gasteiger partial charge in [0.2, 0.25) is 5.91 Å². The predicted molar refractivity (Wildman–Crippen MR) is 107 cm³/mol. The summed E-state index contributed by atoms with van der Waals surface area (Å²) in [5.74, 6) is 0.718. The number of hydrogen-bond donors (Lipinski definition) is 1. The standard InChI is InChI=1S/C21H22ClN3O2/c1-14(2)21(27)23-12-11-20-24-17-5-3-4-6-18(17)25(20)13-19(26)15-7-9-16(22)10-8-15/h3-10,14H,11-13H2,1-2H3,(H,23,27). The summed E-state index contributed by atoms with van der Waals surface area (Å²) in [5.41, 5.74) is 2.35. The Hall–Kier alpha value is -2.66. The van der Waals surface area contributed by atoms with Crippen molar-refractivity contribution in [2.45, 2.75) is 26.8 Å². The van der Waals surface area contributed by atoms with Crippen LogP contribution in [-0.2, 0) is 17.8 Å². The largest absolute Gasteiger partial charge is 0.355 e. The van der Waals surface area contributed by atoms with Crippen LogP contribution in [0.25, 0.3) is 11.0 Å². The van der Waals surface area contributed by atoms with Crippen LogP contribution in [0.4, 0.5) is 0 Å². The van der Waals surface area contributed by atoms with E-state index in [2.05, 4.69) is 10.3 Å². The summed E-state index contributed by atoms with van der Waals surface area (Å²) in [5, 5.41) is 3.50. The maximum atomic E-state index is 12.7. The van der Waals surface area contributed by atoms with E-state index in [4.69, 9.17) is 11.6 Å². The van der Waals surface area contributed by atoms with Crippen LogP contribution in [0.3, 0.4) is 0 Å². The third kappa shape index (κ3) is 4.55. The van der Waals surface area contributed by atoms with Crippen LogP contribution in [0.2, 0.25) is 5.02 Å². The smallest absolute Gasteiger partial charge is 0.222 e. The number of amides is 1. The van der Waals surface area contributed by atoms with Crippen molar-refractivity contribution in [2.24, 2.45) is 5.92 Å². The number of benzene rings is 2. The number of halogens is 1. The lowest BCUT2D eigenvalue weighted by Gasteiger charge is -2.10. The van der Waals surface area contributed by atoms with Gasteiger partial charge in [0.1, 0.15) is 5.82 Å². The Morgan fingerprint density at radius 3 is 2.52 bits per heavy atom. The second kappa shape index (κ2) is 8.35. The van der Waals surface area contributed by atoms with E-state index in [1.165, 1.54) is 0 Å². The van der Waals surface area contributed by atoms with Crippen LogP contribution < -0.4 is 5.32 Å². The van der Waals surface area contributed by atoms with Crippen LogP contribution in [0.1, 0.15) is 30.0 Å². The number of nitrogens with one attached hydrogen (secondary N) is 1. The van der Waals surface area contributed by atoms with Crippen LogP contribution in [0, 0.1) is 5.92 Å². The van der Waals surface area contributed by atoms with Crippen molar-refractivity contribution in [3.63, 3.8) is 0 Å². The molecule has 3 aromatic rings. The summed E-state index contributed by atoms with van der Waals surface area (Å²) >= 11 is 5.91. The first kappa shape index (κ1) is 19.1. The minimum Gasteiger partial charge on any atom is -0.355 e. The maximum Gasteiger partial charge on any atom is 0.222 e. The zero-order chi connectivity index (χ0) is 19.4. The van der Waals surface area contributed by atoms with Gasteiger partial charge in [-0.15, -0.1) is 0 Å². The summed E-state index contributed by atoms with van der Waals surface area (Å²) in [6.07, 6.45) is 0.557. The van der Waals surface area contributed by atoms with Crippen molar-refractivity contribution in [1.29, 1.82) is 0 Å². The summed E-state index contributed by atoms with van der Waals surface area (Å²) < 4.78 is 1.92. The average molecular weight is 384 g/mol. The molecule has 1 heterocycles. The Morgan fingerprint density at radius 1 is 1.11 bits per heavy atom. The van der Waals surface area contributed by atoms with Crippen molar-refractivity contribution in [3.05, 3.63) is 64.9 Å². The monoisotopic (exact) mass is 383 g/mol. The quantitative estimate of drug-likeness (QED) is 0.629. The fourth-order valence-corrected chi connectivity index (χ4v) is 2.99. The number of carbonyl (C=O) groups is 2. The molecule has 0 spiro atoms. The van der Waals surface area contributed by atoms with E-state index in [1.54, 1.807) is 24.3 Å². The van der Waals surface area contributed by atoms with Crippen molar-refractivity contribution < 1.29 is 9.59 Å². The molecular formula is C21H22ClN3O2. The highest BCUT2D eigenvalue weighted by Crippen LogP contribution is 2.18. The number of fused-ring (bicyclic) bond motifs is 1. The Bertz CT molecular complexity index is 961. The van der Waals surface area contributed by atoms with E-state index >= 15 is 0 Å². The number of carbonyl (C=O) groups excluding carboxylic acids is 2. The normalized spacial score (nSPS) is 11.1. The molecule has 2 aromatic carbocycles. The zero-order valence-corrected chi connectivity index (χ0v) is 16.2. The van der Waals surface area contributed by atoms with Gasteiger partial charge >= 0.3 is 0 Å². The lowest BCUT2D eigenvalue weighted by molar-refractivity contribution is -0.123. The molecule has 0 atom stereocenters. The molecule has 6 heteroatoms. The molecule has 0 unspecified atom stereocenters. The zero-order valence-electron chi connectivity index (χ0n) is 15.4. The Balaban J connectivity index is 1.83. The van der Waals surface area contributed by atoms with Crippen molar-refractivity contribution in [3.8, 4) is 0 Å². The van der Waals surface area contributed by atoms with Crippen LogP contribution in [-0.4, -0.2) is 27.8 Å². The van der Waals surface area contributed by atoms with Gasteiger partial charge < -0.3 is 9.88 Å². The van der Waals surface area contributed by atoms with Gasteiger partial charge in [-0.1, -0.05) is 37.6 Å². The Labute approximate surface area is 163 Å². The molecule has 3 rings (SSSR count). The summed E-state index contributed by atoms with van der Waals surface area (Å²) in [6.45, 7) is 4.38. The fraction of sp³-hybridized carbons (Fsp3) is 0.286. The Morgan fingerprint density at radius 2 is 1.81 bits per heavy atom. The fourth-order valence-electron chi connectivity index (χ4n) is 2.86. The van der Waals surface area contributed by atoms with E-state index in [9.17, 15) is 9.59 Å². The van der Waals surface area contributed by atoms with Gasteiger partial charge in [-0.25, -0.2) is 4.98 Å². The number of ketones is 1. The lowest BCUT2D eigenvalue weighted by atomic mass is 10.1. The predicted octanol–water partition coefficient (Wildman–Crippen LogP) is 3.89. The number of hydrogen-bond acceptors (Lipinski definition) is 3. The number of rotatable bonds is 7. The van der Waals surface area contributed by atoms with E-state index in [0.717, 1.165) is 16.9 Å². The van der Waals surface area contributed by atoms with Gasteiger partial charge in [0.15, 0.2) is 5.78 Å². The van der Waals surface area contributed by atoms with E-state index in [1.807, 2.05) is 42.7 Å². The first-order valence-electron chi connectivity index (χ1n) is 8.96. The third-order valence-corrected chi connectivity index (χ3v) is 4.63. The van der Waals surface area contributed by atoms with Gasteiger partial charge in [-0.2, -0.15) is 0 Å². The van der Waals surface area contributed by atoms with Crippen LogP contribution in [0.5, 0.6) is 0 Å². The van der Waals surface area contributed by atoms with Gasteiger partial charge in [0, 0.05) is 29.5 Å². The van der Waals surface area contributed by atoms with E-state index < -0.39 is 0 Å². The summed E-state index contributed by atoms with van der Waals surface area (Å²) in [7, 11) is 0. The highest BCUT2D eigenvalue weighted by atomic mass is 35.5. The van der Waals surface area contributed by atoms with Gasteiger partial charge in [-0.05, 0) is 36.4 Å². The summed E-state index contributed by atoms with van der Waals surface area (Å²) in [6, 6.07) is 14.6. The van der Waals surface area contributed by atoms with Gasteiger partial charge in [0.05, 0.1) is 17.6 Å². The maximum absolute atomic E-state index is 12.7. The first-order valence-corrected chi connectivity index (χ1v) is 9.34. The number of aromatic nitrogens is 2. The average Bonchev–Trinajstić information content (AvgIpc) is 2.99. The Kier molecular flexibility index (Phi) is 5.91. The molecular weight excluding hydrogens is 362 g/mol. The summed E-state index contributed by atoms with van der Waals surface area (Å²) in [4.78, 5) is 29.2. The minimum atomic E-state index is -0.0599. The van der Waals surface area contributed by atoms with E-state index in [-0.39, 0.29) is 24.2 Å². The lowest BCUT2D eigenvalue weighted by Crippen LogP contribution is -2.30. The molecule has 0 aliphatic rings. The molecule has 1 aromatic heterocycles. The van der Waals surface area contributed by atoms with Crippen LogP contribution >= 0.6 is 11.6 Å². The number of Topliss-reactive ketones (excluding diaryl/α,β-unsaturated/α-hetero) is 1. The van der Waals surface area contributed by atoms with Crippen molar-refractivity contribution in [2.75, 3.05) is 6.54 Å². The molecule has 1 amide bonds. The molecule has 0 aliphatic carbocycles. The van der Waals surface area contributed by atoms with Crippen molar-refractivity contribution >= 4 is 34.3 Å². The number of nitrogens with zero attached hydrogens (tertiary/aromatic N) is 2. The van der Waals surface area contributed by atoms with Gasteiger partial charge in [-0.3, -0.25) is 9.59 Å². The highest BCUT2D eigenvalue weighted by Gasteiger charge is 2.15. The number of para-hydroxylation sites is 2. The van der Waals surface area contributed by atoms with E-state index in [0.29, 0.717) is 23.6 Å². The topological polar surface area (TPSA) is 64.0 Å². The second-order valence-corrected chi connectivity index (χ2v) is 7.17. The highest BCUT2D eigenvalue weighted by molar-refractivity contribution is 6.30. The first-order chi connectivity index (χ1) is 13.0. The SMILES string of the molecule is CC(C)C(=O)NCCc1nc2ccccc2n1CC(=O)c1ccc(Cl)cc1. The molecule has 140 valence electrons. The molecule has 0 aliphatic heterocycles. The molecule has 0 saturated carbocycles. The minimum absolute atomic E-state index is 0.00917. The molecule has 5 nitrogen and oxygen atoms in total. The second-order valence-electron chi connectivity index (χ2n) is 6.73. The molecule has 0 radical (unpaired) electrons. The number of imidazole rings is 1. The molecule has 1 N–H and O–H groups in total. The van der Waals surface area contributed by atoms with Crippen molar-refractivity contribution in [1.82, 2.24) is 14.9 Å². The van der Waals surface area contributed by atoms with Crippen LogP contribution in [0.15, 0.2) is 48.5 Å². The van der Waals surface area contributed by atoms with Gasteiger partial charge in [0.25, 0.3) is 0 Å². The molecule has 0 fully saturated rings. The molecule has 27 heavy (non-hydrogen) atoms. The molecule has 0 saturated heterocycles. The molecule has 0 bridgehead atoms. The third-order valence-electron chi connectivity index (χ3n) is 4.37.